The highest BCUT2D eigenvalue weighted by Crippen LogP contribution is 2.30. The number of hydrogen-bond acceptors (Lipinski definition) is 6. The summed E-state index contributed by atoms with van der Waals surface area (Å²) in [6, 6.07) is 1.12. The standard InChI is InChI=1S/C13H20N4O4/c1-8(18)10-7-16(3-4-17(10)13(19)20)9-6-15-12(14)5-11(9)21-2/h5-6,8,10,18H,3-4,7H2,1-2H3,(H2,14,15)(H,19,20)/t8-,10+/m0/s1. The van der Waals surface area contributed by atoms with E-state index in [1.807, 2.05) is 4.90 Å². The molecule has 0 spiro atoms. The summed E-state index contributed by atoms with van der Waals surface area (Å²) >= 11 is 0. The molecule has 1 aliphatic rings. The number of ether oxygens (including phenoxy) is 1. The summed E-state index contributed by atoms with van der Waals surface area (Å²) in [6.07, 6.45) is -0.191. The highest BCUT2D eigenvalue weighted by atomic mass is 16.5. The van der Waals surface area contributed by atoms with Crippen molar-refractivity contribution in [1.82, 2.24) is 9.88 Å². The molecule has 2 heterocycles. The number of aliphatic hydroxyl groups excluding tert-OH is 1. The normalized spacial score (nSPS) is 20.2. The molecule has 116 valence electrons. The van der Waals surface area contributed by atoms with Gasteiger partial charge in [-0.25, -0.2) is 9.78 Å². The van der Waals surface area contributed by atoms with E-state index in [1.54, 1.807) is 19.2 Å². The van der Waals surface area contributed by atoms with Crippen molar-refractivity contribution < 1.29 is 19.7 Å². The third kappa shape index (κ3) is 3.10. The number of aromatic nitrogens is 1. The number of carboxylic acid groups (broad SMARTS) is 1. The molecule has 0 aliphatic carbocycles. The molecule has 8 nitrogen and oxygen atoms in total. The molecule has 0 radical (unpaired) electrons. The lowest BCUT2D eigenvalue weighted by Crippen LogP contribution is -2.58. The topological polar surface area (TPSA) is 112 Å². The van der Waals surface area contributed by atoms with Gasteiger partial charge in [0.05, 0.1) is 31.1 Å². The summed E-state index contributed by atoms with van der Waals surface area (Å²) < 4.78 is 5.30. The lowest BCUT2D eigenvalue weighted by molar-refractivity contribution is 0.0515. The van der Waals surface area contributed by atoms with Crippen molar-refractivity contribution >= 4 is 17.6 Å². The van der Waals surface area contributed by atoms with E-state index in [2.05, 4.69) is 4.98 Å². The number of carbonyl (C=O) groups is 1. The number of nitrogens with zero attached hydrogens (tertiary/aromatic N) is 3. The number of hydrogen-bond donors (Lipinski definition) is 3. The van der Waals surface area contributed by atoms with Gasteiger partial charge >= 0.3 is 6.09 Å². The molecule has 0 bridgehead atoms. The molecule has 1 aliphatic heterocycles. The number of piperazine rings is 1. The van der Waals surface area contributed by atoms with Gasteiger partial charge in [0.15, 0.2) is 0 Å². The first kappa shape index (κ1) is 15.2. The van der Waals surface area contributed by atoms with E-state index in [0.717, 1.165) is 5.69 Å². The second kappa shape index (κ2) is 6.04. The first-order valence-electron chi connectivity index (χ1n) is 6.66. The Hall–Kier alpha value is -2.22. The first-order valence-corrected chi connectivity index (χ1v) is 6.66. The summed E-state index contributed by atoms with van der Waals surface area (Å²) in [6.45, 7) is 2.75. The summed E-state index contributed by atoms with van der Waals surface area (Å²) in [7, 11) is 1.54. The monoisotopic (exact) mass is 296 g/mol. The molecule has 4 N–H and O–H groups in total. The Kier molecular flexibility index (Phi) is 4.37. The van der Waals surface area contributed by atoms with E-state index in [1.165, 1.54) is 12.0 Å². The molecule has 1 amide bonds. The second-order valence-corrected chi connectivity index (χ2v) is 5.01. The Morgan fingerprint density at radius 1 is 1.57 bits per heavy atom. The molecule has 1 fully saturated rings. The molecular formula is C13H20N4O4. The highest BCUT2D eigenvalue weighted by molar-refractivity contribution is 5.67. The van der Waals surface area contributed by atoms with Crippen LogP contribution in [-0.4, -0.2) is 65.1 Å². The van der Waals surface area contributed by atoms with Gasteiger partial charge < -0.3 is 25.6 Å². The number of anilines is 2. The van der Waals surface area contributed by atoms with Crippen LogP contribution in [-0.2, 0) is 0 Å². The summed E-state index contributed by atoms with van der Waals surface area (Å²) in [5, 5.41) is 19.0. The van der Waals surface area contributed by atoms with Crippen molar-refractivity contribution in [2.75, 3.05) is 37.4 Å². The minimum Gasteiger partial charge on any atom is -0.494 e. The van der Waals surface area contributed by atoms with E-state index >= 15 is 0 Å². The first-order chi connectivity index (χ1) is 9.93. The van der Waals surface area contributed by atoms with Crippen LogP contribution in [0.1, 0.15) is 6.92 Å². The van der Waals surface area contributed by atoms with E-state index < -0.39 is 18.2 Å². The predicted molar refractivity (Wildman–Crippen MR) is 77.6 cm³/mol. The van der Waals surface area contributed by atoms with Gasteiger partial charge in [-0.1, -0.05) is 0 Å². The molecule has 2 atom stereocenters. The maximum atomic E-state index is 11.2. The summed E-state index contributed by atoms with van der Waals surface area (Å²) in [4.78, 5) is 18.5. The lowest BCUT2D eigenvalue weighted by atomic mass is 10.1. The van der Waals surface area contributed by atoms with Crippen LogP contribution < -0.4 is 15.4 Å². The van der Waals surface area contributed by atoms with Gasteiger partial charge in [-0.2, -0.15) is 0 Å². The fourth-order valence-electron chi connectivity index (χ4n) is 2.52. The third-order valence-corrected chi connectivity index (χ3v) is 3.65. The maximum absolute atomic E-state index is 11.2. The number of aliphatic hydroxyl groups is 1. The van der Waals surface area contributed by atoms with Crippen molar-refractivity contribution in [2.45, 2.75) is 19.1 Å². The molecule has 8 heteroatoms. The SMILES string of the molecule is COc1cc(N)ncc1N1CCN(C(=O)O)[C@@H]([C@H](C)O)C1. The van der Waals surface area contributed by atoms with Gasteiger partial charge in [0.2, 0.25) is 0 Å². The predicted octanol–water partition coefficient (Wildman–Crippen LogP) is 0.222. The van der Waals surface area contributed by atoms with Crippen LogP contribution in [0.4, 0.5) is 16.3 Å². The zero-order valence-corrected chi connectivity index (χ0v) is 12.1. The van der Waals surface area contributed by atoms with E-state index in [-0.39, 0.29) is 0 Å². The van der Waals surface area contributed by atoms with Crippen LogP contribution in [0, 0.1) is 0 Å². The van der Waals surface area contributed by atoms with Crippen molar-refractivity contribution in [2.24, 2.45) is 0 Å². The Labute approximate surface area is 122 Å². The number of amides is 1. The van der Waals surface area contributed by atoms with Crippen LogP contribution in [0.15, 0.2) is 12.3 Å². The van der Waals surface area contributed by atoms with Gasteiger partial charge in [0.25, 0.3) is 0 Å². The number of methoxy groups -OCH3 is 1. The molecule has 1 aromatic heterocycles. The zero-order chi connectivity index (χ0) is 15.6. The number of nitrogen functional groups attached to an aromatic ring is 1. The van der Waals surface area contributed by atoms with Crippen molar-refractivity contribution in [3.8, 4) is 5.75 Å². The number of pyridine rings is 1. The molecule has 1 aromatic rings. The third-order valence-electron chi connectivity index (χ3n) is 3.65. The Morgan fingerprint density at radius 2 is 2.29 bits per heavy atom. The zero-order valence-electron chi connectivity index (χ0n) is 12.1. The molecule has 2 rings (SSSR count). The van der Waals surface area contributed by atoms with Crippen LogP contribution in [0.2, 0.25) is 0 Å². The van der Waals surface area contributed by atoms with E-state index in [4.69, 9.17) is 10.5 Å². The van der Waals surface area contributed by atoms with Crippen LogP contribution in [0.3, 0.4) is 0 Å². The molecule has 1 saturated heterocycles. The summed E-state index contributed by atoms with van der Waals surface area (Å²) in [5.74, 6) is 0.933. The molecule has 0 unspecified atom stereocenters. The Bertz CT molecular complexity index is 523. The number of rotatable bonds is 3. The molecule has 21 heavy (non-hydrogen) atoms. The minimum atomic E-state index is -1.03. The van der Waals surface area contributed by atoms with Gasteiger partial charge in [0.1, 0.15) is 11.6 Å². The lowest BCUT2D eigenvalue weighted by Gasteiger charge is -2.42. The van der Waals surface area contributed by atoms with Crippen molar-refractivity contribution in [3.05, 3.63) is 12.3 Å². The van der Waals surface area contributed by atoms with Crippen molar-refractivity contribution in [3.63, 3.8) is 0 Å². The quantitative estimate of drug-likeness (QED) is 0.731. The molecule has 0 aromatic carbocycles. The van der Waals surface area contributed by atoms with Gasteiger partial charge in [-0.15, -0.1) is 0 Å². The summed E-state index contributed by atoms with van der Waals surface area (Å²) in [5.41, 5.74) is 6.37. The van der Waals surface area contributed by atoms with E-state index in [0.29, 0.717) is 31.2 Å². The average molecular weight is 296 g/mol. The molecule has 0 saturated carbocycles. The highest BCUT2D eigenvalue weighted by Gasteiger charge is 2.34. The number of nitrogens with two attached hydrogens (primary N) is 1. The van der Waals surface area contributed by atoms with Crippen LogP contribution in [0.25, 0.3) is 0 Å². The van der Waals surface area contributed by atoms with Crippen molar-refractivity contribution in [1.29, 1.82) is 0 Å². The fraction of sp³-hybridized carbons (Fsp3) is 0.538. The van der Waals surface area contributed by atoms with Gasteiger partial charge in [-0.3, -0.25) is 4.90 Å². The van der Waals surface area contributed by atoms with E-state index in [9.17, 15) is 15.0 Å². The van der Waals surface area contributed by atoms with Gasteiger partial charge in [0, 0.05) is 25.7 Å². The average Bonchev–Trinajstić information content (AvgIpc) is 2.46. The Morgan fingerprint density at radius 3 is 2.86 bits per heavy atom. The maximum Gasteiger partial charge on any atom is 0.407 e. The minimum absolute atomic E-state index is 0.304. The van der Waals surface area contributed by atoms with Crippen LogP contribution in [0.5, 0.6) is 5.75 Å². The second-order valence-electron chi connectivity index (χ2n) is 5.01. The van der Waals surface area contributed by atoms with Crippen LogP contribution >= 0.6 is 0 Å². The van der Waals surface area contributed by atoms with Gasteiger partial charge in [-0.05, 0) is 6.92 Å². The Balaban J connectivity index is 2.25. The largest absolute Gasteiger partial charge is 0.494 e. The fourth-order valence-corrected chi connectivity index (χ4v) is 2.52. The molecular weight excluding hydrogens is 276 g/mol. The smallest absolute Gasteiger partial charge is 0.407 e.